The number of aromatic amines is 1. The monoisotopic (exact) mass is 485 g/mol. The summed E-state index contributed by atoms with van der Waals surface area (Å²) >= 11 is 6.54. The highest BCUT2D eigenvalue weighted by Crippen LogP contribution is 2.34. The van der Waals surface area contributed by atoms with Crippen LogP contribution >= 0.6 is 11.6 Å². The van der Waals surface area contributed by atoms with Gasteiger partial charge in [0.05, 0.1) is 7.11 Å². The highest BCUT2D eigenvalue weighted by Gasteiger charge is 2.20. The maximum Gasteiger partial charge on any atom is 0.244 e. The van der Waals surface area contributed by atoms with Gasteiger partial charge < -0.3 is 19.8 Å². The number of halogens is 1. The summed E-state index contributed by atoms with van der Waals surface area (Å²) < 4.78 is 10.7. The van der Waals surface area contributed by atoms with E-state index >= 15 is 0 Å². The lowest BCUT2D eigenvalue weighted by Crippen LogP contribution is -2.27. The Morgan fingerprint density at radius 2 is 1.91 bits per heavy atom. The van der Waals surface area contributed by atoms with E-state index in [1.165, 1.54) is 13.2 Å². The first-order valence-corrected chi connectivity index (χ1v) is 11.4. The largest absolute Gasteiger partial charge is 0.493 e. The molecule has 0 aliphatic heterocycles. The van der Waals surface area contributed by atoms with Crippen LogP contribution < -0.4 is 14.8 Å². The van der Waals surface area contributed by atoms with Crippen molar-refractivity contribution in [3.63, 3.8) is 0 Å². The molecule has 1 amide bonds. The quantitative estimate of drug-likeness (QED) is 0.298. The Labute approximate surface area is 208 Å². The van der Waals surface area contributed by atoms with Crippen LogP contribution in [0.3, 0.4) is 0 Å². The third-order valence-corrected chi connectivity index (χ3v) is 6.01. The standard InChI is InChI=1S/C28H24ClN3O3/c1-34-27-16-19(10-12-26(27)35-15-14-30)11-13-28(33)32-18-22(20-6-2-4-8-24(20)29)23-17-31-25-9-5-3-7-21(23)25/h2-13,16-17,22,31H,15,18H2,1H3,(H,32,33)/b13-11+. The van der Waals surface area contributed by atoms with Gasteiger partial charge in [-0.05, 0) is 47.0 Å². The number of benzene rings is 3. The molecule has 3 aromatic carbocycles. The van der Waals surface area contributed by atoms with Crippen LogP contribution in [0.15, 0.2) is 79.0 Å². The van der Waals surface area contributed by atoms with E-state index in [0.29, 0.717) is 23.1 Å². The molecule has 2 N–H and O–H groups in total. The minimum Gasteiger partial charge on any atom is -0.493 e. The number of H-pyrrole nitrogens is 1. The van der Waals surface area contributed by atoms with E-state index in [-0.39, 0.29) is 18.4 Å². The number of nitrogens with one attached hydrogen (secondary N) is 2. The molecule has 7 heteroatoms. The second-order valence-electron chi connectivity index (χ2n) is 7.80. The second-order valence-corrected chi connectivity index (χ2v) is 8.21. The molecular formula is C28H24ClN3O3. The van der Waals surface area contributed by atoms with Crippen molar-refractivity contribution >= 4 is 34.5 Å². The first-order chi connectivity index (χ1) is 17.1. The van der Waals surface area contributed by atoms with Crippen molar-refractivity contribution in [2.45, 2.75) is 5.92 Å². The smallest absolute Gasteiger partial charge is 0.244 e. The number of amides is 1. The van der Waals surface area contributed by atoms with Crippen molar-refractivity contribution in [3.8, 4) is 17.6 Å². The zero-order valence-corrected chi connectivity index (χ0v) is 19.9. The number of para-hydroxylation sites is 1. The third kappa shape index (κ3) is 5.65. The molecule has 0 aliphatic rings. The van der Waals surface area contributed by atoms with E-state index in [1.807, 2.05) is 54.7 Å². The number of fused-ring (bicyclic) bond motifs is 1. The molecule has 4 rings (SSSR count). The van der Waals surface area contributed by atoms with E-state index in [0.717, 1.165) is 27.6 Å². The Morgan fingerprint density at radius 3 is 2.71 bits per heavy atom. The van der Waals surface area contributed by atoms with Crippen molar-refractivity contribution in [1.29, 1.82) is 5.26 Å². The summed E-state index contributed by atoms with van der Waals surface area (Å²) in [5, 5.41) is 13.5. The van der Waals surface area contributed by atoms with Crippen molar-refractivity contribution in [1.82, 2.24) is 10.3 Å². The molecule has 176 valence electrons. The number of rotatable bonds is 9. The first kappa shape index (κ1) is 23.9. The molecule has 1 heterocycles. The van der Waals surface area contributed by atoms with Crippen LogP contribution in [0.2, 0.25) is 5.02 Å². The van der Waals surface area contributed by atoms with Crippen LogP contribution in [0.4, 0.5) is 0 Å². The van der Waals surface area contributed by atoms with Gasteiger partial charge in [0.1, 0.15) is 6.07 Å². The van der Waals surface area contributed by atoms with Gasteiger partial charge in [-0.25, -0.2) is 0 Å². The van der Waals surface area contributed by atoms with E-state index in [4.69, 9.17) is 26.3 Å². The number of ether oxygens (including phenoxy) is 2. The molecule has 0 saturated carbocycles. The average molecular weight is 486 g/mol. The van der Waals surface area contributed by atoms with E-state index in [1.54, 1.807) is 24.3 Å². The van der Waals surface area contributed by atoms with Gasteiger partial charge in [-0.3, -0.25) is 4.79 Å². The summed E-state index contributed by atoms with van der Waals surface area (Å²) in [6, 6.07) is 22.9. The van der Waals surface area contributed by atoms with Crippen LogP contribution in [-0.2, 0) is 4.79 Å². The lowest BCUT2D eigenvalue weighted by Gasteiger charge is -2.19. The second kappa shape index (κ2) is 11.3. The average Bonchev–Trinajstić information content (AvgIpc) is 3.31. The van der Waals surface area contributed by atoms with Crippen molar-refractivity contribution < 1.29 is 14.3 Å². The number of hydrogen-bond donors (Lipinski definition) is 2. The minimum atomic E-state index is -0.231. The zero-order valence-electron chi connectivity index (χ0n) is 19.1. The van der Waals surface area contributed by atoms with Gasteiger partial charge >= 0.3 is 0 Å². The molecule has 0 aliphatic carbocycles. The summed E-state index contributed by atoms with van der Waals surface area (Å²) in [7, 11) is 1.52. The Balaban J connectivity index is 1.51. The Hall–Kier alpha value is -4.21. The van der Waals surface area contributed by atoms with Gasteiger partial charge in [-0.15, -0.1) is 0 Å². The summed E-state index contributed by atoms with van der Waals surface area (Å²) in [5.41, 5.74) is 3.80. The molecule has 4 aromatic rings. The number of carbonyl (C=O) groups excluding carboxylic acids is 1. The molecule has 0 fully saturated rings. The van der Waals surface area contributed by atoms with E-state index < -0.39 is 0 Å². The van der Waals surface area contributed by atoms with Gasteiger partial charge in [0.25, 0.3) is 0 Å². The lowest BCUT2D eigenvalue weighted by molar-refractivity contribution is -0.116. The van der Waals surface area contributed by atoms with Crippen LogP contribution in [0.1, 0.15) is 22.6 Å². The molecule has 0 bridgehead atoms. The third-order valence-electron chi connectivity index (χ3n) is 5.66. The fourth-order valence-electron chi connectivity index (χ4n) is 3.98. The van der Waals surface area contributed by atoms with Gasteiger partial charge in [0.2, 0.25) is 5.91 Å². The highest BCUT2D eigenvalue weighted by molar-refractivity contribution is 6.31. The zero-order chi connectivity index (χ0) is 24.6. The van der Waals surface area contributed by atoms with Gasteiger partial charge in [0.15, 0.2) is 18.1 Å². The summed E-state index contributed by atoms with van der Waals surface area (Å²) in [6.45, 7) is 0.302. The summed E-state index contributed by atoms with van der Waals surface area (Å²) in [4.78, 5) is 16.0. The SMILES string of the molecule is COc1cc(/C=C/C(=O)NCC(c2ccccc2Cl)c2c[nH]c3ccccc23)ccc1OCC#N. The minimum absolute atomic E-state index is 0.0724. The van der Waals surface area contributed by atoms with Crippen LogP contribution in [0, 0.1) is 11.3 Å². The van der Waals surface area contributed by atoms with Crippen LogP contribution in [-0.4, -0.2) is 31.2 Å². The topological polar surface area (TPSA) is 87.1 Å². The molecule has 0 spiro atoms. The number of methoxy groups -OCH3 is 1. The fourth-order valence-corrected chi connectivity index (χ4v) is 4.25. The Kier molecular flexibility index (Phi) is 7.71. The number of hydrogen-bond acceptors (Lipinski definition) is 4. The first-order valence-electron chi connectivity index (χ1n) is 11.0. The molecule has 0 radical (unpaired) electrons. The Bertz CT molecular complexity index is 1400. The summed E-state index contributed by atoms with van der Waals surface area (Å²) in [5.74, 6) is 0.595. The molecule has 1 unspecified atom stereocenters. The molecule has 6 nitrogen and oxygen atoms in total. The highest BCUT2D eigenvalue weighted by atomic mass is 35.5. The van der Waals surface area contributed by atoms with Crippen LogP contribution in [0.5, 0.6) is 11.5 Å². The molecule has 0 saturated heterocycles. The number of aromatic nitrogens is 1. The maximum absolute atomic E-state index is 12.7. The molecular weight excluding hydrogens is 462 g/mol. The van der Waals surface area contributed by atoms with Crippen molar-refractivity contribution in [3.05, 3.63) is 101 Å². The maximum atomic E-state index is 12.7. The van der Waals surface area contributed by atoms with Crippen LogP contribution in [0.25, 0.3) is 17.0 Å². The van der Waals surface area contributed by atoms with Gasteiger partial charge in [-0.1, -0.05) is 54.1 Å². The lowest BCUT2D eigenvalue weighted by atomic mass is 9.90. The molecule has 1 aromatic heterocycles. The normalized spacial score (nSPS) is 11.8. The van der Waals surface area contributed by atoms with Crippen molar-refractivity contribution in [2.24, 2.45) is 0 Å². The van der Waals surface area contributed by atoms with Gasteiger partial charge in [0, 0.05) is 40.7 Å². The fraction of sp³-hybridized carbons (Fsp3) is 0.143. The number of nitriles is 1. The van der Waals surface area contributed by atoms with E-state index in [2.05, 4.69) is 16.4 Å². The predicted octanol–water partition coefficient (Wildman–Crippen LogP) is 5.69. The van der Waals surface area contributed by atoms with Crippen molar-refractivity contribution in [2.75, 3.05) is 20.3 Å². The summed E-state index contributed by atoms with van der Waals surface area (Å²) in [6.07, 6.45) is 5.15. The van der Waals surface area contributed by atoms with Gasteiger partial charge in [-0.2, -0.15) is 5.26 Å². The number of nitrogens with zero attached hydrogens (tertiary/aromatic N) is 1. The molecule has 35 heavy (non-hydrogen) atoms. The Morgan fingerprint density at radius 1 is 1.11 bits per heavy atom. The predicted molar refractivity (Wildman–Crippen MR) is 138 cm³/mol. The number of carbonyl (C=O) groups is 1. The van der Waals surface area contributed by atoms with E-state index in [9.17, 15) is 4.79 Å². The molecule has 1 atom stereocenters.